The number of hydrogen-bond donors (Lipinski definition) is 0. The topological polar surface area (TPSA) is 73.3 Å². The van der Waals surface area contributed by atoms with Gasteiger partial charge in [-0.1, -0.05) is 12.1 Å². The van der Waals surface area contributed by atoms with Crippen molar-refractivity contribution in [2.45, 2.75) is 32.5 Å². The zero-order chi connectivity index (χ0) is 20.0. The van der Waals surface area contributed by atoms with Gasteiger partial charge in [0.25, 0.3) is 0 Å². The Morgan fingerprint density at radius 3 is 2.62 bits per heavy atom. The van der Waals surface area contributed by atoms with Crippen molar-refractivity contribution >= 4 is 0 Å². The predicted molar refractivity (Wildman–Crippen MR) is 103 cm³/mol. The van der Waals surface area contributed by atoms with Crippen LogP contribution >= 0.6 is 0 Å². The number of aromatic nitrogens is 3. The van der Waals surface area contributed by atoms with Crippen LogP contribution in [-0.4, -0.2) is 32.3 Å². The van der Waals surface area contributed by atoms with Gasteiger partial charge in [-0.2, -0.15) is 5.10 Å². The molecule has 8 heteroatoms. The lowest BCUT2D eigenvalue weighted by atomic mass is 9.86. The van der Waals surface area contributed by atoms with Crippen LogP contribution in [0.5, 0.6) is 0 Å². The minimum absolute atomic E-state index is 0.0651. The second-order valence-corrected chi connectivity index (χ2v) is 8.17. The van der Waals surface area contributed by atoms with Gasteiger partial charge >= 0.3 is 11.1 Å². The molecule has 0 aliphatic carbocycles. The molecule has 0 saturated carbocycles. The van der Waals surface area contributed by atoms with E-state index in [1.54, 1.807) is 29.2 Å². The van der Waals surface area contributed by atoms with Crippen LogP contribution in [0.15, 0.2) is 56.9 Å². The molecule has 29 heavy (non-hydrogen) atoms. The van der Waals surface area contributed by atoms with Crippen molar-refractivity contribution < 1.29 is 8.81 Å². The number of benzene rings is 1. The summed E-state index contributed by atoms with van der Waals surface area (Å²) in [6.45, 7) is 3.29. The Morgan fingerprint density at radius 1 is 1.03 bits per heavy atom. The first-order valence-corrected chi connectivity index (χ1v) is 9.70. The Labute approximate surface area is 166 Å². The average molecular weight is 396 g/mol. The number of nitrogens with zero attached hydrogens (tertiary/aromatic N) is 4. The highest BCUT2D eigenvalue weighted by molar-refractivity contribution is 5.16. The monoisotopic (exact) mass is 396 g/mol. The molecule has 2 aliphatic rings. The van der Waals surface area contributed by atoms with E-state index in [1.165, 1.54) is 16.8 Å². The molecule has 1 aromatic carbocycles. The van der Waals surface area contributed by atoms with Gasteiger partial charge in [-0.15, -0.1) is 0 Å². The van der Waals surface area contributed by atoms with Crippen molar-refractivity contribution in [2.75, 3.05) is 13.1 Å². The minimum Gasteiger partial charge on any atom is -0.472 e. The van der Waals surface area contributed by atoms with Gasteiger partial charge in [-0.05, 0) is 36.7 Å². The van der Waals surface area contributed by atoms with Crippen LogP contribution in [0.1, 0.15) is 23.4 Å². The highest BCUT2D eigenvalue weighted by atomic mass is 19.1. The molecular weight excluding hydrogens is 375 g/mol. The molecule has 3 aromatic rings. The van der Waals surface area contributed by atoms with E-state index in [9.17, 15) is 14.0 Å². The molecule has 0 unspecified atom stereocenters. The molecule has 1 fully saturated rings. The van der Waals surface area contributed by atoms with E-state index in [2.05, 4.69) is 10.00 Å². The van der Waals surface area contributed by atoms with Gasteiger partial charge in [-0.3, -0.25) is 19.1 Å². The van der Waals surface area contributed by atoms with E-state index in [0.29, 0.717) is 18.8 Å². The Morgan fingerprint density at radius 2 is 1.86 bits per heavy atom. The normalized spacial score (nSPS) is 21.1. The van der Waals surface area contributed by atoms with E-state index in [0.717, 1.165) is 37.2 Å². The quantitative estimate of drug-likeness (QED) is 0.627. The summed E-state index contributed by atoms with van der Waals surface area (Å²) in [5.74, 6) is 0.313. The van der Waals surface area contributed by atoms with Crippen LogP contribution in [0.4, 0.5) is 4.39 Å². The summed E-state index contributed by atoms with van der Waals surface area (Å²) in [4.78, 5) is 27.6. The zero-order valence-electron chi connectivity index (χ0n) is 15.9. The van der Waals surface area contributed by atoms with Gasteiger partial charge in [-0.25, -0.2) is 9.07 Å². The molecule has 0 N–H and O–H groups in total. The zero-order valence-corrected chi connectivity index (χ0v) is 15.9. The molecule has 7 nitrogen and oxygen atoms in total. The van der Waals surface area contributed by atoms with Crippen LogP contribution < -0.4 is 11.1 Å². The molecule has 5 rings (SSSR count). The molecular formula is C21H21FN4O3. The maximum Gasteiger partial charge on any atom is 0.332 e. The smallest absolute Gasteiger partial charge is 0.332 e. The summed E-state index contributed by atoms with van der Waals surface area (Å²) in [5.41, 5.74) is 0.632. The predicted octanol–water partition coefficient (Wildman–Crippen LogP) is 1.63. The van der Waals surface area contributed by atoms with Crippen molar-refractivity contribution in [1.29, 1.82) is 0 Å². The second-order valence-electron chi connectivity index (χ2n) is 8.17. The van der Waals surface area contributed by atoms with Crippen LogP contribution in [0.3, 0.4) is 0 Å². The third kappa shape index (κ3) is 3.33. The summed E-state index contributed by atoms with van der Waals surface area (Å²) in [6, 6.07) is 7.83. The van der Waals surface area contributed by atoms with Gasteiger partial charge in [0.05, 0.1) is 19.1 Å². The van der Waals surface area contributed by atoms with E-state index >= 15 is 0 Å². The summed E-state index contributed by atoms with van der Waals surface area (Å²) in [7, 11) is 0. The molecule has 0 bridgehead atoms. The van der Waals surface area contributed by atoms with Gasteiger partial charge in [0.2, 0.25) is 0 Å². The first-order valence-electron chi connectivity index (χ1n) is 9.70. The number of furan rings is 1. The van der Waals surface area contributed by atoms with Gasteiger partial charge in [0.15, 0.2) is 0 Å². The second kappa shape index (κ2) is 6.81. The highest BCUT2D eigenvalue weighted by Crippen LogP contribution is 2.39. The fourth-order valence-electron chi connectivity index (χ4n) is 4.55. The number of likely N-dealkylation sites (tertiary alicyclic amines) is 1. The van der Waals surface area contributed by atoms with Crippen molar-refractivity contribution in [3.8, 4) is 0 Å². The molecule has 2 aromatic heterocycles. The lowest BCUT2D eigenvalue weighted by molar-refractivity contribution is 0.246. The number of halogens is 1. The van der Waals surface area contributed by atoms with Crippen molar-refractivity contribution in [2.24, 2.45) is 5.41 Å². The SMILES string of the molecule is O=c1c(=O)n2c(nn1Cc1ccc(F)cc1)C[C@]1(CCN(Cc3ccoc3)C1)C2. The Balaban J connectivity index is 1.38. The van der Waals surface area contributed by atoms with Gasteiger partial charge < -0.3 is 4.42 Å². The van der Waals surface area contributed by atoms with Crippen molar-refractivity contribution in [3.05, 3.63) is 86.3 Å². The van der Waals surface area contributed by atoms with E-state index in [-0.39, 0.29) is 17.8 Å². The van der Waals surface area contributed by atoms with Crippen LogP contribution in [0, 0.1) is 11.2 Å². The van der Waals surface area contributed by atoms with Gasteiger partial charge in [0.1, 0.15) is 11.6 Å². The van der Waals surface area contributed by atoms with E-state index in [4.69, 9.17) is 4.42 Å². The summed E-state index contributed by atoms with van der Waals surface area (Å²) in [6.07, 6.45) is 5.06. The van der Waals surface area contributed by atoms with Crippen molar-refractivity contribution in [3.63, 3.8) is 0 Å². The molecule has 1 atom stereocenters. The molecule has 1 saturated heterocycles. The van der Waals surface area contributed by atoms with E-state index < -0.39 is 11.1 Å². The summed E-state index contributed by atoms with van der Waals surface area (Å²) < 4.78 is 21.0. The minimum atomic E-state index is -0.636. The maximum atomic E-state index is 13.1. The Hall–Kier alpha value is -3.00. The first kappa shape index (κ1) is 18.1. The van der Waals surface area contributed by atoms with Crippen LogP contribution in [-0.2, 0) is 26.1 Å². The Kier molecular flexibility index (Phi) is 4.24. The third-order valence-corrected chi connectivity index (χ3v) is 5.99. The fourth-order valence-corrected chi connectivity index (χ4v) is 4.55. The van der Waals surface area contributed by atoms with Crippen LogP contribution in [0.2, 0.25) is 0 Å². The maximum absolute atomic E-state index is 13.1. The number of hydrogen-bond acceptors (Lipinski definition) is 5. The summed E-state index contributed by atoms with van der Waals surface area (Å²) >= 11 is 0. The molecule has 0 radical (unpaired) electrons. The fraction of sp³-hybridized carbons (Fsp3) is 0.381. The Bertz CT molecular complexity index is 1150. The lowest BCUT2D eigenvalue weighted by Crippen LogP contribution is -2.43. The summed E-state index contributed by atoms with van der Waals surface area (Å²) in [5, 5.41) is 4.49. The third-order valence-electron chi connectivity index (χ3n) is 5.99. The molecule has 1 spiro atoms. The molecule has 2 aliphatic heterocycles. The first-order chi connectivity index (χ1) is 14.0. The van der Waals surface area contributed by atoms with E-state index in [1.807, 2.05) is 6.07 Å². The largest absolute Gasteiger partial charge is 0.472 e. The highest BCUT2D eigenvalue weighted by Gasteiger charge is 2.44. The van der Waals surface area contributed by atoms with Gasteiger partial charge in [0, 0.05) is 37.0 Å². The number of rotatable bonds is 4. The lowest BCUT2D eigenvalue weighted by Gasteiger charge is -2.22. The van der Waals surface area contributed by atoms with Crippen LogP contribution in [0.25, 0.3) is 0 Å². The molecule has 0 amide bonds. The number of fused-ring (bicyclic) bond motifs is 1. The standard InChI is InChI=1S/C21H21FN4O3/c22-17-3-1-15(2-4-17)11-26-20(28)19(27)25-14-21(9-18(25)23-26)6-7-24(13-21)10-16-5-8-29-12-16/h1-5,8,12H,6-7,9-11,13-14H2/t21-/m0/s1. The average Bonchev–Trinajstić information content (AvgIpc) is 3.43. The molecule has 4 heterocycles. The van der Waals surface area contributed by atoms with Crippen molar-refractivity contribution in [1.82, 2.24) is 19.2 Å². The molecule has 150 valence electrons.